The molecule has 0 aliphatic carbocycles. The van der Waals surface area contributed by atoms with E-state index in [1.807, 2.05) is 49.4 Å². The lowest BCUT2D eigenvalue weighted by atomic mass is 9.95. The second kappa shape index (κ2) is 9.82. The Hall–Kier alpha value is -0.360. The quantitative estimate of drug-likeness (QED) is 0.485. The zero-order valence-electron chi connectivity index (χ0n) is 16.1. The molecule has 0 radical (unpaired) electrons. The maximum Gasteiger partial charge on any atom is 0.227 e. The van der Waals surface area contributed by atoms with Crippen molar-refractivity contribution in [1.29, 1.82) is 0 Å². The number of nitrogens with zero attached hydrogens (tertiary/aromatic N) is 2. The number of amides is 2. The summed E-state index contributed by atoms with van der Waals surface area (Å²) in [6.07, 6.45) is 1.47. The Labute approximate surface area is 150 Å². The number of carbonyl (C=O) groups is 2. The monoisotopic (exact) mass is 362 g/mol. The Balaban J connectivity index is 3.97. The van der Waals surface area contributed by atoms with Crippen molar-refractivity contribution in [3.8, 4) is 0 Å². The van der Waals surface area contributed by atoms with Gasteiger partial charge in [0.1, 0.15) is 0 Å². The maximum atomic E-state index is 12.1. The Morgan fingerprint density at radius 3 is 1.91 bits per heavy atom. The highest BCUT2D eigenvalue weighted by atomic mass is 33.1. The van der Waals surface area contributed by atoms with Crippen LogP contribution in [0.2, 0.25) is 0 Å². The molecular weight excluding hydrogens is 328 g/mol. The van der Waals surface area contributed by atoms with Gasteiger partial charge in [-0.05, 0) is 6.42 Å². The molecule has 0 heterocycles. The third kappa shape index (κ3) is 10.9. The van der Waals surface area contributed by atoms with Crippen LogP contribution in [0.1, 0.15) is 54.4 Å². The summed E-state index contributed by atoms with van der Waals surface area (Å²) in [5, 5.41) is 0. The molecule has 2 amide bonds. The number of likely N-dealkylation sites (N-methyl/N-ethyl adjacent to an activating group) is 2. The van der Waals surface area contributed by atoms with Gasteiger partial charge in [0.2, 0.25) is 11.8 Å². The van der Waals surface area contributed by atoms with Gasteiger partial charge in [0.15, 0.2) is 0 Å². The number of hydrogen-bond acceptors (Lipinski definition) is 4. The molecule has 0 aromatic heterocycles. The fourth-order valence-corrected chi connectivity index (χ4v) is 4.15. The standard InChI is InChI=1S/C17H34N2O2S2/c1-16(2,3)15(21)19(8)12-11-18(7)14(20)10-9-13-22-23-17(4,5)6/h9-13H2,1-8H3. The zero-order valence-corrected chi connectivity index (χ0v) is 17.7. The van der Waals surface area contributed by atoms with Crippen LogP contribution in [0.3, 0.4) is 0 Å². The van der Waals surface area contributed by atoms with E-state index in [4.69, 9.17) is 0 Å². The minimum absolute atomic E-state index is 0.106. The highest BCUT2D eigenvalue weighted by Gasteiger charge is 2.25. The highest BCUT2D eigenvalue weighted by molar-refractivity contribution is 8.77. The molecule has 4 nitrogen and oxygen atoms in total. The van der Waals surface area contributed by atoms with Crippen molar-refractivity contribution >= 4 is 33.4 Å². The summed E-state index contributed by atoms with van der Waals surface area (Å²) in [6, 6.07) is 0. The van der Waals surface area contributed by atoms with Gasteiger partial charge in [0.05, 0.1) is 0 Å². The summed E-state index contributed by atoms with van der Waals surface area (Å²) in [4.78, 5) is 27.6. The van der Waals surface area contributed by atoms with Crippen LogP contribution in [0, 0.1) is 5.41 Å². The molecule has 0 saturated heterocycles. The third-order valence-electron chi connectivity index (χ3n) is 3.11. The topological polar surface area (TPSA) is 40.6 Å². The predicted molar refractivity (Wildman–Crippen MR) is 104 cm³/mol. The lowest BCUT2D eigenvalue weighted by molar-refractivity contribution is -0.139. The maximum absolute atomic E-state index is 12.1. The van der Waals surface area contributed by atoms with Crippen molar-refractivity contribution in [1.82, 2.24) is 9.80 Å². The van der Waals surface area contributed by atoms with Crippen LogP contribution in [-0.4, -0.2) is 59.3 Å². The normalized spacial score (nSPS) is 12.2. The van der Waals surface area contributed by atoms with Gasteiger partial charge < -0.3 is 9.80 Å². The third-order valence-corrected chi connectivity index (χ3v) is 6.54. The van der Waals surface area contributed by atoms with Crippen LogP contribution in [0.25, 0.3) is 0 Å². The molecule has 0 saturated carbocycles. The molecule has 0 aromatic rings. The molecule has 0 aliphatic rings. The molecule has 23 heavy (non-hydrogen) atoms. The van der Waals surface area contributed by atoms with E-state index in [2.05, 4.69) is 20.8 Å². The summed E-state index contributed by atoms with van der Waals surface area (Å²) < 4.78 is 0.260. The van der Waals surface area contributed by atoms with Crippen molar-refractivity contribution in [3.63, 3.8) is 0 Å². The van der Waals surface area contributed by atoms with Crippen molar-refractivity contribution in [2.75, 3.05) is 32.9 Å². The molecule has 0 bridgehead atoms. The van der Waals surface area contributed by atoms with Gasteiger partial charge in [-0.3, -0.25) is 9.59 Å². The lowest BCUT2D eigenvalue weighted by Crippen LogP contribution is -2.41. The van der Waals surface area contributed by atoms with Crippen molar-refractivity contribution in [3.05, 3.63) is 0 Å². The van der Waals surface area contributed by atoms with E-state index in [-0.39, 0.29) is 22.0 Å². The van der Waals surface area contributed by atoms with Gasteiger partial charge in [-0.15, -0.1) is 0 Å². The van der Waals surface area contributed by atoms with Gasteiger partial charge in [-0.25, -0.2) is 0 Å². The smallest absolute Gasteiger partial charge is 0.227 e. The van der Waals surface area contributed by atoms with Crippen LogP contribution in [0.15, 0.2) is 0 Å². The second-order valence-electron chi connectivity index (χ2n) is 7.91. The van der Waals surface area contributed by atoms with Crippen molar-refractivity contribution in [2.45, 2.75) is 59.1 Å². The molecule has 0 atom stereocenters. The highest BCUT2D eigenvalue weighted by Crippen LogP contribution is 2.35. The van der Waals surface area contributed by atoms with Gasteiger partial charge in [0, 0.05) is 49.5 Å². The molecule has 0 rings (SSSR count). The van der Waals surface area contributed by atoms with Crippen molar-refractivity contribution < 1.29 is 9.59 Å². The molecule has 0 aliphatic heterocycles. The van der Waals surface area contributed by atoms with E-state index < -0.39 is 0 Å². The SMILES string of the molecule is CN(CCN(C)C(=O)C(C)(C)C)C(=O)CCCSSC(C)(C)C. The largest absolute Gasteiger partial charge is 0.344 e. The molecule has 0 fully saturated rings. The van der Waals surface area contributed by atoms with Crippen LogP contribution in [0.5, 0.6) is 0 Å². The Morgan fingerprint density at radius 1 is 0.913 bits per heavy atom. The van der Waals surface area contributed by atoms with E-state index in [0.29, 0.717) is 19.5 Å². The Kier molecular flexibility index (Phi) is 9.67. The van der Waals surface area contributed by atoms with Crippen molar-refractivity contribution in [2.24, 2.45) is 5.41 Å². The molecule has 0 unspecified atom stereocenters. The van der Waals surface area contributed by atoms with E-state index in [9.17, 15) is 9.59 Å². The minimum Gasteiger partial charge on any atom is -0.344 e. The van der Waals surface area contributed by atoms with Crippen LogP contribution < -0.4 is 0 Å². The number of hydrogen-bond donors (Lipinski definition) is 0. The molecule has 0 aromatic carbocycles. The van der Waals surface area contributed by atoms with Gasteiger partial charge in [-0.1, -0.05) is 63.1 Å². The van der Waals surface area contributed by atoms with Crippen LogP contribution >= 0.6 is 21.6 Å². The van der Waals surface area contributed by atoms with E-state index in [1.54, 1.807) is 16.8 Å². The fraction of sp³-hybridized carbons (Fsp3) is 0.882. The average Bonchev–Trinajstić information content (AvgIpc) is 2.40. The van der Waals surface area contributed by atoms with Gasteiger partial charge >= 0.3 is 0 Å². The molecule has 6 heteroatoms. The first-order valence-electron chi connectivity index (χ1n) is 8.15. The molecule has 0 spiro atoms. The van der Waals surface area contributed by atoms with E-state index in [1.165, 1.54) is 0 Å². The molecule has 136 valence electrons. The van der Waals surface area contributed by atoms with Crippen LogP contribution in [-0.2, 0) is 9.59 Å². The summed E-state index contributed by atoms with van der Waals surface area (Å²) in [7, 11) is 7.30. The summed E-state index contributed by atoms with van der Waals surface area (Å²) in [6.45, 7) is 13.5. The summed E-state index contributed by atoms with van der Waals surface area (Å²) in [5.41, 5.74) is -0.376. The Morgan fingerprint density at radius 2 is 1.43 bits per heavy atom. The number of carbonyl (C=O) groups excluding carboxylic acids is 2. The van der Waals surface area contributed by atoms with E-state index >= 15 is 0 Å². The lowest BCUT2D eigenvalue weighted by Gasteiger charge is -2.28. The summed E-state index contributed by atoms with van der Waals surface area (Å²) in [5.74, 6) is 1.25. The zero-order chi connectivity index (χ0) is 18.3. The van der Waals surface area contributed by atoms with Crippen LogP contribution in [0.4, 0.5) is 0 Å². The molecular formula is C17H34N2O2S2. The molecule has 0 N–H and O–H groups in total. The Bertz CT molecular complexity index is 387. The first-order chi connectivity index (χ1) is 10.3. The fourth-order valence-electron chi connectivity index (χ4n) is 1.79. The van der Waals surface area contributed by atoms with Gasteiger partial charge in [0.25, 0.3) is 0 Å². The summed E-state index contributed by atoms with van der Waals surface area (Å²) >= 11 is 0. The predicted octanol–water partition coefficient (Wildman–Crippen LogP) is 3.91. The second-order valence-corrected chi connectivity index (χ2v) is 11.2. The minimum atomic E-state index is -0.376. The average molecular weight is 363 g/mol. The number of rotatable bonds is 8. The van der Waals surface area contributed by atoms with Gasteiger partial charge in [-0.2, -0.15) is 0 Å². The first-order valence-corrected chi connectivity index (χ1v) is 10.5. The van der Waals surface area contributed by atoms with E-state index in [0.717, 1.165) is 12.2 Å². The first kappa shape index (κ1) is 22.6.